The average molecular weight is 360 g/mol. The van der Waals surface area contributed by atoms with E-state index in [4.69, 9.17) is 10.2 Å². The Morgan fingerprint density at radius 3 is 1.41 bits per heavy atom. The standard InChI is InChI=1S/C6H8O7.C5H8O3.Mn/c7-3(8)1-6(13,5(11)12)2-4(9)10;1-4(6)2-3-5(7)8;/h13H,1-2H2,(H,7,8)(H,9,10)(H,11,12);2-3H2,1H3,(H,7,8);/q;;+3/p-3. The molecule has 10 nitrogen and oxygen atoms in total. The average Bonchev–Trinajstić information content (AvgIpc) is 2.24. The van der Waals surface area contributed by atoms with Gasteiger partial charge in [-0.05, 0) is 6.92 Å². The predicted octanol–water partition coefficient (Wildman–Crippen LogP) is -4.81. The molecule has 0 aromatic heterocycles. The molecule has 0 atom stereocenters. The molecule has 0 aliphatic heterocycles. The number of carbonyl (C=O) groups excluding carboxylic acids is 4. The van der Waals surface area contributed by atoms with Crippen molar-refractivity contribution >= 4 is 29.7 Å². The van der Waals surface area contributed by atoms with Crippen LogP contribution < -0.4 is 15.3 Å². The Bertz CT molecular complexity index is 401. The van der Waals surface area contributed by atoms with Crippen molar-refractivity contribution in [2.75, 3.05) is 0 Å². The zero-order valence-corrected chi connectivity index (χ0v) is 12.5. The Kier molecular flexibility index (Phi) is 13.3. The van der Waals surface area contributed by atoms with Gasteiger partial charge in [-0.25, -0.2) is 0 Å². The van der Waals surface area contributed by atoms with Crippen LogP contribution in [0.1, 0.15) is 32.6 Å². The molecule has 0 aliphatic carbocycles. The summed E-state index contributed by atoms with van der Waals surface area (Å²) in [6.07, 6.45) is -2.61. The van der Waals surface area contributed by atoms with E-state index >= 15 is 0 Å². The van der Waals surface area contributed by atoms with Gasteiger partial charge in [0, 0.05) is 31.2 Å². The Labute approximate surface area is 135 Å². The maximum Gasteiger partial charge on any atom is 3.00 e. The molecule has 2 N–H and O–H groups in total. The van der Waals surface area contributed by atoms with Crippen molar-refractivity contribution in [3.8, 4) is 0 Å². The van der Waals surface area contributed by atoms with E-state index < -0.39 is 42.3 Å². The third-order valence-electron chi connectivity index (χ3n) is 1.94. The van der Waals surface area contributed by atoms with Crippen molar-refractivity contribution < 1.29 is 66.6 Å². The van der Waals surface area contributed by atoms with Gasteiger partial charge in [0.2, 0.25) is 0 Å². The van der Waals surface area contributed by atoms with Crippen LogP contribution in [0.25, 0.3) is 0 Å². The summed E-state index contributed by atoms with van der Waals surface area (Å²) in [5.41, 5.74) is -2.97. The molecule has 0 amide bonds. The van der Waals surface area contributed by atoms with Gasteiger partial charge in [0.05, 0.1) is 12.4 Å². The molecule has 0 aliphatic rings. The third-order valence-corrected chi connectivity index (χ3v) is 1.94. The number of Topliss-reactive ketones (excluding diaryl/α,β-unsaturated/α-hetero) is 1. The number of carboxylic acids is 4. The maximum atomic E-state index is 10.1. The molecule has 0 spiro atoms. The van der Waals surface area contributed by atoms with Crippen LogP contribution in [0.4, 0.5) is 0 Å². The molecule has 11 heteroatoms. The molecule has 0 aromatic rings. The van der Waals surface area contributed by atoms with E-state index in [0.29, 0.717) is 0 Å². The summed E-state index contributed by atoms with van der Waals surface area (Å²) < 4.78 is 0. The fourth-order valence-corrected chi connectivity index (χ4v) is 0.967. The van der Waals surface area contributed by atoms with Crippen molar-refractivity contribution in [3.05, 3.63) is 0 Å². The van der Waals surface area contributed by atoms with Gasteiger partial charge in [-0.1, -0.05) is 0 Å². The molecule has 0 saturated heterocycles. The summed E-state index contributed by atoms with van der Waals surface area (Å²) in [5.74, 6) is -6.98. The summed E-state index contributed by atoms with van der Waals surface area (Å²) in [7, 11) is 0. The second kappa shape index (κ2) is 11.7. The number of hydrogen-bond donors (Lipinski definition) is 2. The first kappa shape index (κ1) is 25.0. The second-order valence-corrected chi connectivity index (χ2v) is 4.01. The van der Waals surface area contributed by atoms with Gasteiger partial charge in [-0.3, -0.25) is 4.79 Å². The summed E-state index contributed by atoms with van der Waals surface area (Å²) in [5, 5.41) is 46.9. The predicted molar refractivity (Wildman–Crippen MR) is 56.8 cm³/mol. The van der Waals surface area contributed by atoms with Crippen LogP contribution in [0.5, 0.6) is 0 Å². The smallest absolute Gasteiger partial charge is 0.550 e. The number of rotatable bonds is 8. The van der Waals surface area contributed by atoms with E-state index in [-0.39, 0.29) is 35.7 Å². The van der Waals surface area contributed by atoms with Gasteiger partial charge < -0.3 is 44.7 Å². The molecule has 0 saturated carbocycles. The number of aliphatic carboxylic acids is 4. The van der Waals surface area contributed by atoms with E-state index in [2.05, 4.69) is 0 Å². The molecule has 0 radical (unpaired) electrons. The first-order valence-corrected chi connectivity index (χ1v) is 5.45. The summed E-state index contributed by atoms with van der Waals surface area (Å²) >= 11 is 0. The van der Waals surface area contributed by atoms with E-state index in [9.17, 15) is 39.3 Å². The summed E-state index contributed by atoms with van der Waals surface area (Å²) in [4.78, 5) is 49.8. The molecule has 0 unspecified atom stereocenters. The van der Waals surface area contributed by atoms with Gasteiger partial charge in [0.15, 0.2) is 0 Å². The van der Waals surface area contributed by atoms with Crippen molar-refractivity contribution in [1.29, 1.82) is 0 Å². The van der Waals surface area contributed by atoms with Crippen LogP contribution in [-0.4, -0.2) is 45.5 Å². The summed E-state index contributed by atoms with van der Waals surface area (Å²) in [6, 6.07) is 0. The Hall–Kier alpha value is -1.97. The van der Waals surface area contributed by atoms with Crippen LogP contribution in [0, 0.1) is 0 Å². The van der Waals surface area contributed by atoms with Crippen molar-refractivity contribution in [2.45, 2.75) is 38.2 Å². The fourth-order valence-electron chi connectivity index (χ4n) is 0.967. The van der Waals surface area contributed by atoms with E-state index in [1.807, 2.05) is 0 Å². The second-order valence-electron chi connectivity index (χ2n) is 4.01. The molecule has 0 bridgehead atoms. The molecule has 22 heavy (non-hydrogen) atoms. The Morgan fingerprint density at radius 2 is 1.27 bits per heavy atom. The molecular weight excluding hydrogens is 347 g/mol. The zero-order valence-electron chi connectivity index (χ0n) is 11.4. The minimum Gasteiger partial charge on any atom is -0.550 e. The van der Waals surface area contributed by atoms with Gasteiger partial charge in [0.1, 0.15) is 11.4 Å². The number of hydrogen-bond acceptors (Lipinski definition) is 9. The first-order chi connectivity index (χ1) is 9.40. The fraction of sp³-hybridized carbons (Fsp3) is 0.545. The number of ketones is 1. The molecular formula is C11H13MnO10. The summed E-state index contributed by atoms with van der Waals surface area (Å²) in [6.45, 7) is 1.38. The number of aliphatic hydroxyl groups is 1. The largest absolute Gasteiger partial charge is 3.00 e. The van der Waals surface area contributed by atoms with Gasteiger partial charge in [-0.15, -0.1) is 0 Å². The maximum absolute atomic E-state index is 10.1. The van der Waals surface area contributed by atoms with E-state index in [0.717, 1.165) is 0 Å². The number of carbonyl (C=O) groups is 5. The van der Waals surface area contributed by atoms with Crippen molar-refractivity contribution in [2.24, 2.45) is 0 Å². The molecule has 0 fully saturated rings. The van der Waals surface area contributed by atoms with Crippen LogP contribution >= 0.6 is 0 Å². The van der Waals surface area contributed by atoms with E-state index in [1.165, 1.54) is 6.92 Å². The Balaban J connectivity index is -0.000000348. The molecule has 0 aromatic carbocycles. The van der Waals surface area contributed by atoms with Crippen molar-refractivity contribution in [1.82, 2.24) is 0 Å². The van der Waals surface area contributed by atoms with Crippen LogP contribution in [-0.2, 0) is 41.0 Å². The minimum absolute atomic E-state index is 0. The number of carboxylic acid groups (broad SMARTS) is 4. The first-order valence-electron chi connectivity index (χ1n) is 5.45. The monoisotopic (exact) mass is 360 g/mol. The van der Waals surface area contributed by atoms with Crippen LogP contribution in [0.15, 0.2) is 0 Å². The van der Waals surface area contributed by atoms with Crippen LogP contribution in [0.2, 0.25) is 0 Å². The zero-order chi connectivity index (χ0) is 17.2. The molecule has 124 valence electrons. The van der Waals surface area contributed by atoms with E-state index in [1.54, 1.807) is 0 Å². The SMILES string of the molecule is CC(=O)CCC(=O)O.O=C([O-])CC(O)(CC(=O)[O-])C(=O)[O-].[Mn+3]. The van der Waals surface area contributed by atoms with Crippen LogP contribution in [0.3, 0.4) is 0 Å². The molecule has 0 rings (SSSR count). The topological polar surface area (TPSA) is 195 Å². The quantitative estimate of drug-likeness (QED) is 0.396. The molecule has 0 heterocycles. The van der Waals surface area contributed by atoms with Crippen molar-refractivity contribution in [3.63, 3.8) is 0 Å². The normalized spacial score (nSPS) is 9.55. The minimum atomic E-state index is -2.97. The van der Waals surface area contributed by atoms with Gasteiger partial charge in [0.25, 0.3) is 0 Å². The third kappa shape index (κ3) is 14.4. The van der Waals surface area contributed by atoms with Gasteiger partial charge >= 0.3 is 23.0 Å². The van der Waals surface area contributed by atoms with Gasteiger partial charge in [-0.2, -0.15) is 0 Å². The Morgan fingerprint density at radius 1 is 0.909 bits per heavy atom.